The molecular weight excluding hydrogens is 430 g/mol. The first-order valence-electron chi connectivity index (χ1n) is 10.9. The molecule has 1 saturated heterocycles. The van der Waals surface area contributed by atoms with Gasteiger partial charge in [0, 0.05) is 11.3 Å². The van der Waals surface area contributed by atoms with Crippen molar-refractivity contribution in [3.63, 3.8) is 0 Å². The predicted octanol–water partition coefficient (Wildman–Crippen LogP) is 5.26. The van der Waals surface area contributed by atoms with Crippen LogP contribution in [0.15, 0.2) is 66.2 Å². The lowest BCUT2D eigenvalue weighted by Crippen LogP contribution is -2.29. The summed E-state index contributed by atoms with van der Waals surface area (Å²) in [6.45, 7) is 5.64. The van der Waals surface area contributed by atoms with Crippen LogP contribution in [0.3, 0.4) is 0 Å². The van der Waals surface area contributed by atoms with Crippen LogP contribution in [-0.4, -0.2) is 31.0 Å². The van der Waals surface area contributed by atoms with Crippen molar-refractivity contribution in [3.8, 4) is 11.5 Å². The molecule has 0 aliphatic carbocycles. The van der Waals surface area contributed by atoms with E-state index in [-0.39, 0.29) is 11.3 Å². The Bertz CT molecular complexity index is 1290. The third-order valence-corrected chi connectivity index (χ3v) is 6.19. The molecule has 6 nitrogen and oxygen atoms in total. The average molecular weight is 458 g/mol. The molecule has 0 radical (unpaired) electrons. The summed E-state index contributed by atoms with van der Waals surface area (Å²) >= 11 is 0. The van der Waals surface area contributed by atoms with E-state index in [2.05, 4.69) is 0 Å². The zero-order chi connectivity index (χ0) is 24.6. The quantitative estimate of drug-likeness (QED) is 0.322. The van der Waals surface area contributed by atoms with Crippen molar-refractivity contribution < 1.29 is 24.2 Å². The fraction of sp³-hybridized carbons (Fsp3) is 0.214. The largest absolute Gasteiger partial charge is 0.507 e. The molecule has 0 saturated carbocycles. The molecule has 3 aromatic rings. The van der Waals surface area contributed by atoms with E-state index in [4.69, 9.17) is 9.47 Å². The highest BCUT2D eigenvalue weighted by atomic mass is 16.5. The van der Waals surface area contributed by atoms with Crippen LogP contribution in [0.25, 0.3) is 5.76 Å². The maximum absolute atomic E-state index is 13.3. The predicted molar refractivity (Wildman–Crippen MR) is 131 cm³/mol. The van der Waals surface area contributed by atoms with Gasteiger partial charge in [0.25, 0.3) is 11.7 Å². The summed E-state index contributed by atoms with van der Waals surface area (Å²) in [5.41, 5.74) is 4.37. The van der Waals surface area contributed by atoms with E-state index in [1.807, 2.05) is 39.0 Å². The Kier molecular flexibility index (Phi) is 6.16. The summed E-state index contributed by atoms with van der Waals surface area (Å²) in [5, 5.41) is 11.4. The third-order valence-electron chi connectivity index (χ3n) is 6.19. The molecule has 6 heteroatoms. The molecule has 1 fully saturated rings. The second kappa shape index (κ2) is 9.06. The highest BCUT2D eigenvalue weighted by molar-refractivity contribution is 6.51. The lowest BCUT2D eigenvalue weighted by atomic mass is 9.93. The number of hydrogen-bond acceptors (Lipinski definition) is 5. The smallest absolute Gasteiger partial charge is 0.300 e. The number of carbonyl (C=O) groups excluding carboxylic acids is 2. The number of aryl methyl sites for hydroxylation is 3. The molecule has 1 amide bonds. The number of aliphatic hydroxyl groups is 1. The second-order valence-corrected chi connectivity index (χ2v) is 8.41. The molecule has 0 bridgehead atoms. The first-order valence-corrected chi connectivity index (χ1v) is 10.9. The van der Waals surface area contributed by atoms with Gasteiger partial charge < -0.3 is 14.6 Å². The molecule has 4 rings (SSSR count). The summed E-state index contributed by atoms with van der Waals surface area (Å²) in [6, 6.07) is 17.3. The summed E-state index contributed by atoms with van der Waals surface area (Å²) in [7, 11) is 3.15. The van der Waals surface area contributed by atoms with Gasteiger partial charge in [-0.1, -0.05) is 29.8 Å². The normalized spacial score (nSPS) is 17.2. The molecule has 1 heterocycles. The molecule has 0 aromatic heterocycles. The van der Waals surface area contributed by atoms with Gasteiger partial charge in [0.2, 0.25) is 0 Å². The number of ketones is 1. The van der Waals surface area contributed by atoms with Gasteiger partial charge in [-0.25, -0.2) is 0 Å². The van der Waals surface area contributed by atoms with Gasteiger partial charge in [-0.2, -0.15) is 0 Å². The Balaban J connectivity index is 1.95. The number of anilines is 1. The zero-order valence-electron chi connectivity index (χ0n) is 19.9. The monoisotopic (exact) mass is 457 g/mol. The molecule has 3 aromatic carbocycles. The molecule has 1 aliphatic rings. The van der Waals surface area contributed by atoms with Crippen LogP contribution < -0.4 is 14.4 Å². The van der Waals surface area contributed by atoms with Crippen LogP contribution in [0.2, 0.25) is 0 Å². The molecule has 1 atom stereocenters. The first-order chi connectivity index (χ1) is 16.3. The van der Waals surface area contributed by atoms with Crippen molar-refractivity contribution in [2.75, 3.05) is 19.1 Å². The number of Topliss-reactive ketones (excluding diaryl/α,β-unsaturated/α-hetero) is 1. The summed E-state index contributed by atoms with van der Waals surface area (Å²) in [5.74, 6) is -0.295. The molecule has 1 unspecified atom stereocenters. The molecule has 34 heavy (non-hydrogen) atoms. The zero-order valence-corrected chi connectivity index (χ0v) is 19.9. The van der Waals surface area contributed by atoms with Crippen molar-refractivity contribution >= 4 is 23.1 Å². The topological polar surface area (TPSA) is 76.1 Å². The van der Waals surface area contributed by atoms with Crippen LogP contribution in [0.5, 0.6) is 11.5 Å². The number of benzene rings is 3. The number of carbonyl (C=O) groups is 2. The lowest BCUT2D eigenvalue weighted by molar-refractivity contribution is -0.132. The lowest BCUT2D eigenvalue weighted by Gasteiger charge is -2.26. The van der Waals surface area contributed by atoms with E-state index < -0.39 is 17.7 Å². The van der Waals surface area contributed by atoms with Crippen LogP contribution in [0.1, 0.15) is 33.9 Å². The Morgan fingerprint density at radius 3 is 2.09 bits per heavy atom. The number of rotatable bonds is 5. The fourth-order valence-electron chi connectivity index (χ4n) is 4.32. The number of ether oxygens (including phenoxy) is 2. The molecule has 1 aliphatic heterocycles. The third kappa shape index (κ3) is 3.92. The van der Waals surface area contributed by atoms with E-state index in [0.29, 0.717) is 28.3 Å². The molecule has 0 spiro atoms. The second-order valence-electron chi connectivity index (χ2n) is 8.41. The summed E-state index contributed by atoms with van der Waals surface area (Å²) in [4.78, 5) is 28.1. The van der Waals surface area contributed by atoms with Crippen molar-refractivity contribution in [2.45, 2.75) is 26.8 Å². The number of nitrogens with zero attached hydrogens (tertiary/aromatic N) is 1. The maximum Gasteiger partial charge on any atom is 0.300 e. The van der Waals surface area contributed by atoms with E-state index in [1.54, 1.807) is 56.7 Å². The van der Waals surface area contributed by atoms with Gasteiger partial charge in [-0.3, -0.25) is 14.5 Å². The Morgan fingerprint density at radius 2 is 1.50 bits per heavy atom. The van der Waals surface area contributed by atoms with E-state index >= 15 is 0 Å². The van der Waals surface area contributed by atoms with E-state index in [1.165, 1.54) is 4.90 Å². The van der Waals surface area contributed by atoms with Crippen molar-refractivity contribution in [1.82, 2.24) is 0 Å². The number of hydrogen-bond donors (Lipinski definition) is 1. The van der Waals surface area contributed by atoms with Gasteiger partial charge in [0.1, 0.15) is 17.3 Å². The van der Waals surface area contributed by atoms with Crippen LogP contribution >= 0.6 is 0 Å². The highest BCUT2D eigenvalue weighted by Crippen LogP contribution is 2.43. The number of methoxy groups -OCH3 is 2. The van der Waals surface area contributed by atoms with Crippen molar-refractivity contribution in [2.24, 2.45) is 0 Å². The van der Waals surface area contributed by atoms with Gasteiger partial charge in [0.15, 0.2) is 0 Å². The minimum Gasteiger partial charge on any atom is -0.507 e. The molecule has 1 N–H and O–H groups in total. The van der Waals surface area contributed by atoms with Crippen LogP contribution in [-0.2, 0) is 9.59 Å². The molecule has 174 valence electrons. The van der Waals surface area contributed by atoms with Crippen molar-refractivity contribution in [1.29, 1.82) is 0 Å². The SMILES string of the molecule is COc1ccc(C2/C(=C(\O)c3cc(C)c(OC)cc3C)C(=O)C(=O)N2c2ccc(C)cc2)cc1. The summed E-state index contributed by atoms with van der Waals surface area (Å²) < 4.78 is 10.7. The Morgan fingerprint density at radius 1 is 0.853 bits per heavy atom. The van der Waals surface area contributed by atoms with Gasteiger partial charge in [0.05, 0.1) is 25.8 Å². The Hall–Kier alpha value is -4.06. The van der Waals surface area contributed by atoms with E-state index in [9.17, 15) is 14.7 Å². The number of amides is 1. The minimum absolute atomic E-state index is 0.0448. The minimum atomic E-state index is -0.796. The summed E-state index contributed by atoms with van der Waals surface area (Å²) in [6.07, 6.45) is 0. The molecular formula is C28H27NO5. The van der Waals surface area contributed by atoms with Gasteiger partial charge in [-0.15, -0.1) is 0 Å². The highest BCUT2D eigenvalue weighted by Gasteiger charge is 2.47. The van der Waals surface area contributed by atoms with E-state index in [0.717, 1.165) is 16.7 Å². The maximum atomic E-state index is 13.3. The van der Waals surface area contributed by atoms with Crippen LogP contribution in [0.4, 0.5) is 5.69 Å². The van der Waals surface area contributed by atoms with Crippen LogP contribution in [0, 0.1) is 20.8 Å². The standard InChI is InChI=1S/C28H27NO5/c1-16-6-10-20(11-7-16)29-25(19-8-12-21(33-4)13-9-19)24(27(31)28(29)32)26(30)22-14-18(3)23(34-5)15-17(22)2/h6-15,25,30H,1-5H3/b26-24+. The van der Waals surface area contributed by atoms with Crippen molar-refractivity contribution in [3.05, 3.63) is 94.1 Å². The fourth-order valence-corrected chi connectivity index (χ4v) is 4.32. The average Bonchev–Trinajstić information content (AvgIpc) is 3.10. The number of aliphatic hydroxyl groups excluding tert-OH is 1. The Labute approximate surface area is 199 Å². The van der Waals surface area contributed by atoms with Gasteiger partial charge >= 0.3 is 0 Å². The van der Waals surface area contributed by atoms with Gasteiger partial charge in [-0.05, 0) is 73.9 Å². The first kappa shape index (κ1) is 23.1.